The molecule has 2 saturated heterocycles. The molecule has 128 valence electrons. The van der Waals surface area contributed by atoms with Gasteiger partial charge in [-0.05, 0) is 37.9 Å². The van der Waals surface area contributed by atoms with Crippen molar-refractivity contribution in [2.45, 2.75) is 57.7 Å². The molecule has 2 fully saturated rings. The number of hydrogen-bond donors (Lipinski definition) is 1. The molecule has 3 heterocycles. The van der Waals surface area contributed by atoms with Crippen LogP contribution in [0.4, 0.5) is 0 Å². The molecule has 0 spiro atoms. The highest BCUT2D eigenvalue weighted by atomic mass is 16.2. The largest absolute Gasteiger partial charge is 0.334 e. The molecule has 1 aromatic carbocycles. The van der Waals surface area contributed by atoms with Gasteiger partial charge in [-0.3, -0.25) is 4.79 Å². The third kappa shape index (κ3) is 2.61. The number of aromatic nitrogens is 2. The highest BCUT2D eigenvalue weighted by molar-refractivity contribution is 5.82. The van der Waals surface area contributed by atoms with E-state index in [4.69, 9.17) is 4.98 Å². The lowest BCUT2D eigenvalue weighted by atomic mass is 10.1. The summed E-state index contributed by atoms with van der Waals surface area (Å²) in [5.74, 6) is 1.55. The number of para-hydroxylation sites is 2. The lowest BCUT2D eigenvalue weighted by molar-refractivity contribution is -0.134. The van der Waals surface area contributed by atoms with Crippen molar-refractivity contribution >= 4 is 16.9 Å². The number of imidazole rings is 1. The first-order valence-corrected chi connectivity index (χ1v) is 9.12. The minimum absolute atomic E-state index is 0.247. The Morgan fingerprint density at radius 2 is 2.04 bits per heavy atom. The second-order valence-electron chi connectivity index (χ2n) is 7.38. The van der Waals surface area contributed by atoms with Crippen molar-refractivity contribution in [2.24, 2.45) is 0 Å². The quantitative estimate of drug-likeness (QED) is 0.943. The highest BCUT2D eigenvalue weighted by Gasteiger charge is 2.38. The monoisotopic (exact) mass is 326 g/mol. The number of carbonyl (C=O) groups excluding carboxylic acids is 1. The molecular weight excluding hydrogens is 300 g/mol. The fourth-order valence-electron chi connectivity index (χ4n) is 4.31. The van der Waals surface area contributed by atoms with Crippen LogP contribution in [-0.4, -0.2) is 45.5 Å². The summed E-state index contributed by atoms with van der Waals surface area (Å²) in [7, 11) is 0. The fourth-order valence-corrected chi connectivity index (χ4v) is 4.31. The summed E-state index contributed by atoms with van der Waals surface area (Å²) in [6.45, 7) is 6.64. The van der Waals surface area contributed by atoms with Crippen LogP contribution < -0.4 is 5.32 Å². The Morgan fingerprint density at radius 1 is 1.25 bits per heavy atom. The molecule has 0 aliphatic carbocycles. The van der Waals surface area contributed by atoms with Crippen LogP contribution in [-0.2, 0) is 11.3 Å². The van der Waals surface area contributed by atoms with Gasteiger partial charge in [-0.2, -0.15) is 0 Å². The molecule has 0 radical (unpaired) electrons. The molecule has 0 unspecified atom stereocenters. The molecule has 5 nitrogen and oxygen atoms in total. The van der Waals surface area contributed by atoms with Crippen molar-refractivity contribution in [3.05, 3.63) is 30.1 Å². The van der Waals surface area contributed by atoms with Crippen LogP contribution in [0.2, 0.25) is 0 Å². The number of benzene rings is 1. The van der Waals surface area contributed by atoms with Gasteiger partial charge in [0.2, 0.25) is 5.91 Å². The molecule has 0 saturated carbocycles. The van der Waals surface area contributed by atoms with E-state index in [0.717, 1.165) is 49.2 Å². The number of nitrogens with zero attached hydrogens (tertiary/aromatic N) is 3. The van der Waals surface area contributed by atoms with E-state index in [2.05, 4.69) is 34.7 Å². The highest BCUT2D eigenvalue weighted by Crippen LogP contribution is 2.29. The third-order valence-electron chi connectivity index (χ3n) is 5.44. The zero-order chi connectivity index (χ0) is 16.7. The molecule has 1 aromatic heterocycles. The number of nitrogens with one attached hydrogen (secondary N) is 1. The van der Waals surface area contributed by atoms with Crippen LogP contribution in [0.25, 0.3) is 11.0 Å². The van der Waals surface area contributed by atoms with Gasteiger partial charge in [0.05, 0.1) is 11.0 Å². The summed E-state index contributed by atoms with van der Waals surface area (Å²) in [5, 5.41) is 3.47. The lowest BCUT2D eigenvalue weighted by Gasteiger charge is -2.28. The molecular formula is C19H26N4O. The SMILES string of the molecule is CC(C)c1nc2ccccc2n1CC(=O)N1[C@@H]2CCNC[C@H]1CC2. The molecule has 24 heavy (non-hydrogen) atoms. The predicted molar refractivity (Wildman–Crippen MR) is 95.0 cm³/mol. The molecule has 2 bridgehead atoms. The van der Waals surface area contributed by atoms with E-state index in [1.807, 2.05) is 18.2 Å². The Morgan fingerprint density at radius 3 is 2.88 bits per heavy atom. The maximum atomic E-state index is 13.1. The van der Waals surface area contributed by atoms with Crippen LogP contribution in [0.1, 0.15) is 44.9 Å². The predicted octanol–water partition coefficient (Wildman–Crippen LogP) is 2.51. The Balaban J connectivity index is 1.66. The van der Waals surface area contributed by atoms with Crippen LogP contribution in [0.3, 0.4) is 0 Å². The van der Waals surface area contributed by atoms with E-state index in [-0.39, 0.29) is 5.91 Å². The minimum Gasteiger partial charge on any atom is -0.334 e. The van der Waals surface area contributed by atoms with Gasteiger partial charge in [0.15, 0.2) is 0 Å². The zero-order valence-electron chi connectivity index (χ0n) is 14.5. The van der Waals surface area contributed by atoms with Crippen LogP contribution in [0, 0.1) is 0 Å². The lowest BCUT2D eigenvalue weighted by Crippen LogP contribution is -2.44. The van der Waals surface area contributed by atoms with Gasteiger partial charge in [-0.25, -0.2) is 4.98 Å². The van der Waals surface area contributed by atoms with Crippen molar-refractivity contribution in [1.29, 1.82) is 0 Å². The molecule has 4 rings (SSSR count). The maximum Gasteiger partial charge on any atom is 0.243 e. The summed E-state index contributed by atoms with van der Waals surface area (Å²) >= 11 is 0. The van der Waals surface area contributed by atoms with E-state index in [0.29, 0.717) is 24.5 Å². The van der Waals surface area contributed by atoms with E-state index in [1.165, 1.54) is 0 Å². The summed E-state index contributed by atoms with van der Waals surface area (Å²) in [6.07, 6.45) is 3.36. The number of amides is 1. The second-order valence-corrected chi connectivity index (χ2v) is 7.38. The van der Waals surface area contributed by atoms with Gasteiger partial charge >= 0.3 is 0 Å². The van der Waals surface area contributed by atoms with Crippen molar-refractivity contribution in [3.63, 3.8) is 0 Å². The molecule has 1 amide bonds. The van der Waals surface area contributed by atoms with Gasteiger partial charge in [-0.15, -0.1) is 0 Å². The summed E-state index contributed by atoms with van der Waals surface area (Å²) in [4.78, 5) is 20.1. The fraction of sp³-hybridized carbons (Fsp3) is 0.579. The number of hydrogen-bond acceptors (Lipinski definition) is 3. The van der Waals surface area contributed by atoms with Crippen LogP contribution in [0.15, 0.2) is 24.3 Å². The topological polar surface area (TPSA) is 50.2 Å². The van der Waals surface area contributed by atoms with Gasteiger partial charge in [-0.1, -0.05) is 26.0 Å². The molecule has 2 aliphatic heterocycles. The second kappa shape index (κ2) is 6.20. The Bertz CT molecular complexity index is 737. The van der Waals surface area contributed by atoms with Gasteiger partial charge in [0.25, 0.3) is 0 Å². The average molecular weight is 326 g/mol. The molecule has 1 N–H and O–H groups in total. The van der Waals surface area contributed by atoms with Crippen molar-refractivity contribution in [2.75, 3.05) is 13.1 Å². The molecule has 2 aliphatic rings. The summed E-state index contributed by atoms with van der Waals surface area (Å²) in [6, 6.07) is 8.90. The average Bonchev–Trinajstić information content (AvgIpc) is 3.04. The maximum absolute atomic E-state index is 13.1. The summed E-state index contributed by atoms with van der Waals surface area (Å²) < 4.78 is 2.13. The Kier molecular flexibility index (Phi) is 4.04. The van der Waals surface area contributed by atoms with E-state index in [1.54, 1.807) is 0 Å². The summed E-state index contributed by atoms with van der Waals surface area (Å²) in [5.41, 5.74) is 2.05. The van der Waals surface area contributed by atoms with Gasteiger partial charge < -0.3 is 14.8 Å². The van der Waals surface area contributed by atoms with Gasteiger partial charge in [0.1, 0.15) is 12.4 Å². The third-order valence-corrected chi connectivity index (χ3v) is 5.44. The van der Waals surface area contributed by atoms with Crippen LogP contribution >= 0.6 is 0 Å². The van der Waals surface area contributed by atoms with Crippen molar-refractivity contribution in [1.82, 2.24) is 19.8 Å². The first-order valence-electron chi connectivity index (χ1n) is 9.12. The molecule has 5 heteroatoms. The number of rotatable bonds is 3. The Labute approximate surface area is 143 Å². The smallest absolute Gasteiger partial charge is 0.243 e. The van der Waals surface area contributed by atoms with Crippen LogP contribution in [0.5, 0.6) is 0 Å². The molecule has 2 atom stereocenters. The minimum atomic E-state index is 0.247. The zero-order valence-corrected chi connectivity index (χ0v) is 14.5. The number of carbonyl (C=O) groups is 1. The first kappa shape index (κ1) is 15.6. The molecule has 2 aromatic rings. The standard InChI is InChI=1S/C19H26N4O/c1-13(2)19-21-16-5-3-4-6-17(16)22(19)12-18(24)23-14-7-8-15(23)11-20-10-9-14/h3-6,13-15,20H,7-12H2,1-2H3/t14-,15+/m0/s1. The number of fused-ring (bicyclic) bond motifs is 3. The van der Waals surface area contributed by atoms with Crippen molar-refractivity contribution < 1.29 is 4.79 Å². The van der Waals surface area contributed by atoms with E-state index >= 15 is 0 Å². The first-order chi connectivity index (χ1) is 11.6. The normalized spacial score (nSPS) is 23.9. The van der Waals surface area contributed by atoms with Gasteiger partial charge in [0, 0.05) is 24.5 Å². The van der Waals surface area contributed by atoms with Crippen molar-refractivity contribution in [3.8, 4) is 0 Å². The van der Waals surface area contributed by atoms with E-state index < -0.39 is 0 Å². The Hall–Kier alpha value is -1.88. The van der Waals surface area contributed by atoms with E-state index in [9.17, 15) is 4.79 Å².